The molecule has 0 saturated heterocycles. The first-order valence-corrected chi connectivity index (χ1v) is 8.03. The van der Waals surface area contributed by atoms with Gasteiger partial charge in [0.05, 0.1) is 6.54 Å². The molecule has 0 atom stereocenters. The summed E-state index contributed by atoms with van der Waals surface area (Å²) in [6.45, 7) is 4.54. The molecular formula is C15H17BrN2OS. The minimum Gasteiger partial charge on any atom is -0.398 e. The smallest absolute Gasteiger partial charge is 0.251 e. The van der Waals surface area contributed by atoms with E-state index in [-0.39, 0.29) is 5.91 Å². The van der Waals surface area contributed by atoms with Gasteiger partial charge in [-0.2, -0.15) is 0 Å². The maximum absolute atomic E-state index is 12.2. The summed E-state index contributed by atoms with van der Waals surface area (Å²) in [5, 5.41) is 2.94. The van der Waals surface area contributed by atoms with Crippen LogP contribution in [0.2, 0.25) is 0 Å². The zero-order valence-electron chi connectivity index (χ0n) is 11.5. The number of halogens is 1. The summed E-state index contributed by atoms with van der Waals surface area (Å²) in [5.41, 5.74) is 7.93. The number of nitrogen functional groups attached to an aromatic ring is 1. The van der Waals surface area contributed by atoms with Crippen molar-refractivity contribution < 1.29 is 4.79 Å². The summed E-state index contributed by atoms with van der Waals surface area (Å²) in [5.74, 6) is -0.0954. The number of carbonyl (C=O) groups is 1. The number of hydrogen-bond acceptors (Lipinski definition) is 3. The highest BCUT2D eigenvalue weighted by molar-refractivity contribution is 9.10. The van der Waals surface area contributed by atoms with E-state index in [4.69, 9.17) is 5.73 Å². The summed E-state index contributed by atoms with van der Waals surface area (Å²) in [6, 6.07) is 7.77. The minimum absolute atomic E-state index is 0.0954. The number of nitrogens with one attached hydrogen (secondary N) is 1. The molecule has 0 aliphatic carbocycles. The molecule has 106 valence electrons. The Balaban J connectivity index is 2.09. The number of anilines is 1. The van der Waals surface area contributed by atoms with E-state index < -0.39 is 0 Å². The standard InChI is InChI=1S/C15H17BrN2OS/c1-3-11-4-5-12(20-11)8-18-15(19)13-6-10(16)7-14(17)9(13)2/h4-7H,3,8,17H2,1-2H3,(H,18,19). The zero-order valence-corrected chi connectivity index (χ0v) is 13.9. The number of hydrogen-bond donors (Lipinski definition) is 2. The van der Waals surface area contributed by atoms with Crippen molar-refractivity contribution in [2.75, 3.05) is 5.73 Å². The lowest BCUT2D eigenvalue weighted by molar-refractivity contribution is 0.0950. The maximum Gasteiger partial charge on any atom is 0.251 e. The summed E-state index contributed by atoms with van der Waals surface area (Å²) in [4.78, 5) is 14.7. The molecule has 1 heterocycles. The van der Waals surface area contributed by atoms with Crippen LogP contribution in [0, 0.1) is 6.92 Å². The summed E-state index contributed by atoms with van der Waals surface area (Å²) in [6.07, 6.45) is 1.03. The van der Waals surface area contributed by atoms with Gasteiger partial charge in [-0.25, -0.2) is 0 Å². The molecule has 1 amide bonds. The van der Waals surface area contributed by atoms with E-state index in [1.807, 2.05) is 6.92 Å². The second-order valence-electron chi connectivity index (χ2n) is 4.57. The van der Waals surface area contributed by atoms with Crippen LogP contribution in [0.25, 0.3) is 0 Å². The van der Waals surface area contributed by atoms with Crippen molar-refractivity contribution >= 4 is 38.9 Å². The van der Waals surface area contributed by atoms with Crippen LogP contribution in [-0.4, -0.2) is 5.91 Å². The van der Waals surface area contributed by atoms with E-state index >= 15 is 0 Å². The van der Waals surface area contributed by atoms with Gasteiger partial charge in [0.25, 0.3) is 5.91 Å². The first-order chi connectivity index (χ1) is 9.51. The average Bonchev–Trinajstić information content (AvgIpc) is 2.88. The Morgan fingerprint density at radius 2 is 2.05 bits per heavy atom. The lowest BCUT2D eigenvalue weighted by atomic mass is 10.1. The molecule has 0 aliphatic rings. The van der Waals surface area contributed by atoms with Crippen molar-refractivity contribution in [1.82, 2.24) is 5.32 Å². The Labute approximate surface area is 131 Å². The SMILES string of the molecule is CCc1ccc(CNC(=O)c2cc(Br)cc(N)c2C)s1. The highest BCUT2D eigenvalue weighted by Crippen LogP contribution is 2.23. The molecule has 3 nitrogen and oxygen atoms in total. The third-order valence-corrected chi connectivity index (χ3v) is 4.83. The maximum atomic E-state index is 12.2. The van der Waals surface area contributed by atoms with E-state index in [0.29, 0.717) is 17.8 Å². The van der Waals surface area contributed by atoms with E-state index in [1.165, 1.54) is 4.88 Å². The van der Waals surface area contributed by atoms with Gasteiger partial charge in [-0.1, -0.05) is 22.9 Å². The number of nitrogens with two attached hydrogens (primary N) is 1. The quantitative estimate of drug-likeness (QED) is 0.820. The zero-order chi connectivity index (χ0) is 14.7. The fourth-order valence-corrected chi connectivity index (χ4v) is 3.28. The van der Waals surface area contributed by atoms with Crippen molar-refractivity contribution in [2.45, 2.75) is 26.8 Å². The van der Waals surface area contributed by atoms with Crippen LogP contribution in [0.3, 0.4) is 0 Å². The van der Waals surface area contributed by atoms with Crippen molar-refractivity contribution in [3.05, 3.63) is 49.6 Å². The van der Waals surface area contributed by atoms with Crippen molar-refractivity contribution in [2.24, 2.45) is 0 Å². The van der Waals surface area contributed by atoms with Gasteiger partial charge >= 0.3 is 0 Å². The average molecular weight is 353 g/mol. The van der Waals surface area contributed by atoms with Crippen LogP contribution >= 0.6 is 27.3 Å². The van der Waals surface area contributed by atoms with E-state index in [2.05, 4.69) is 40.3 Å². The Morgan fingerprint density at radius 3 is 2.70 bits per heavy atom. The van der Waals surface area contributed by atoms with Crippen LogP contribution in [0.5, 0.6) is 0 Å². The number of benzene rings is 1. The Bertz CT molecular complexity index is 637. The first kappa shape index (κ1) is 15.1. The van der Waals surface area contributed by atoms with Gasteiger partial charge in [-0.3, -0.25) is 4.79 Å². The van der Waals surface area contributed by atoms with Gasteiger partial charge in [0.15, 0.2) is 0 Å². The molecule has 20 heavy (non-hydrogen) atoms. The highest BCUT2D eigenvalue weighted by Gasteiger charge is 2.12. The lowest BCUT2D eigenvalue weighted by Gasteiger charge is -2.09. The molecule has 0 fully saturated rings. The van der Waals surface area contributed by atoms with Crippen molar-refractivity contribution in [1.29, 1.82) is 0 Å². The Morgan fingerprint density at radius 1 is 1.35 bits per heavy atom. The van der Waals surface area contributed by atoms with E-state index in [1.54, 1.807) is 23.5 Å². The fraction of sp³-hybridized carbons (Fsp3) is 0.267. The highest BCUT2D eigenvalue weighted by atomic mass is 79.9. The molecule has 2 aromatic rings. The molecule has 1 aromatic carbocycles. The normalized spacial score (nSPS) is 10.6. The minimum atomic E-state index is -0.0954. The number of aryl methyl sites for hydroxylation is 1. The van der Waals surface area contributed by atoms with Gasteiger partial charge in [0, 0.05) is 25.5 Å². The van der Waals surface area contributed by atoms with E-state index in [0.717, 1.165) is 21.3 Å². The molecule has 5 heteroatoms. The molecular weight excluding hydrogens is 336 g/mol. The third-order valence-electron chi connectivity index (χ3n) is 3.15. The van der Waals surface area contributed by atoms with Gasteiger partial charge in [-0.05, 0) is 43.2 Å². The molecule has 0 spiro atoms. The number of carbonyl (C=O) groups excluding carboxylic acids is 1. The van der Waals surface area contributed by atoms with Crippen molar-refractivity contribution in [3.8, 4) is 0 Å². The Hall–Kier alpha value is -1.33. The topological polar surface area (TPSA) is 55.1 Å². The number of amides is 1. The Kier molecular flexibility index (Phi) is 4.83. The summed E-state index contributed by atoms with van der Waals surface area (Å²) >= 11 is 5.10. The number of thiophene rings is 1. The summed E-state index contributed by atoms with van der Waals surface area (Å²) < 4.78 is 0.815. The monoisotopic (exact) mass is 352 g/mol. The fourth-order valence-electron chi connectivity index (χ4n) is 1.91. The molecule has 0 bridgehead atoms. The molecule has 1 aromatic heterocycles. The summed E-state index contributed by atoms with van der Waals surface area (Å²) in [7, 11) is 0. The van der Waals surface area contributed by atoms with Gasteiger partial charge in [0.2, 0.25) is 0 Å². The molecule has 0 aliphatic heterocycles. The third kappa shape index (κ3) is 3.41. The van der Waals surface area contributed by atoms with Gasteiger partial charge in [0.1, 0.15) is 0 Å². The van der Waals surface area contributed by atoms with Crippen LogP contribution < -0.4 is 11.1 Å². The molecule has 3 N–H and O–H groups in total. The molecule has 2 rings (SSSR count). The predicted molar refractivity (Wildman–Crippen MR) is 88.2 cm³/mol. The van der Waals surface area contributed by atoms with Crippen LogP contribution in [0.1, 0.15) is 32.6 Å². The number of rotatable bonds is 4. The van der Waals surface area contributed by atoms with Crippen LogP contribution in [-0.2, 0) is 13.0 Å². The van der Waals surface area contributed by atoms with Crippen molar-refractivity contribution in [3.63, 3.8) is 0 Å². The molecule has 0 saturated carbocycles. The predicted octanol–water partition coefficient (Wildman–Crippen LogP) is 3.89. The molecule has 0 radical (unpaired) electrons. The molecule has 0 unspecified atom stereocenters. The van der Waals surface area contributed by atoms with Gasteiger partial charge in [-0.15, -0.1) is 11.3 Å². The second-order valence-corrected chi connectivity index (χ2v) is 6.74. The second kappa shape index (κ2) is 6.41. The van der Waals surface area contributed by atoms with Gasteiger partial charge < -0.3 is 11.1 Å². The van der Waals surface area contributed by atoms with Crippen LogP contribution in [0.15, 0.2) is 28.7 Å². The van der Waals surface area contributed by atoms with E-state index in [9.17, 15) is 4.79 Å². The first-order valence-electron chi connectivity index (χ1n) is 6.42. The largest absolute Gasteiger partial charge is 0.398 e. The lowest BCUT2D eigenvalue weighted by Crippen LogP contribution is -2.23. The van der Waals surface area contributed by atoms with Crippen LogP contribution in [0.4, 0.5) is 5.69 Å².